The standard InChI is InChI=1S/C24H32F3N7O3/c1-32-10-12-33(13-11-32)19-8-6-17(7-9-19)14-28-22-20(34(35)36)16-30-23(31-22)29-15-18-4-2-3-5-21(18)37-24(25,26)27/h2-5,16-17,19H,6-15H2,1H3,(H2,28,29,30,31). The van der Waals surface area contributed by atoms with Crippen molar-refractivity contribution in [2.45, 2.75) is 44.6 Å². The number of alkyl halides is 3. The van der Waals surface area contributed by atoms with Crippen molar-refractivity contribution in [3.63, 3.8) is 0 Å². The molecule has 4 rings (SSSR count). The van der Waals surface area contributed by atoms with Gasteiger partial charge < -0.3 is 20.3 Å². The second kappa shape index (κ2) is 11.9. The lowest BCUT2D eigenvalue weighted by Crippen LogP contribution is -2.50. The summed E-state index contributed by atoms with van der Waals surface area (Å²) in [6.45, 7) is 4.88. The van der Waals surface area contributed by atoms with Crippen LogP contribution in [0.3, 0.4) is 0 Å². The zero-order valence-corrected chi connectivity index (χ0v) is 20.7. The van der Waals surface area contributed by atoms with Crippen molar-refractivity contribution in [2.75, 3.05) is 50.4 Å². The van der Waals surface area contributed by atoms with Gasteiger partial charge in [-0.2, -0.15) is 4.98 Å². The van der Waals surface area contributed by atoms with Crippen LogP contribution in [0.2, 0.25) is 0 Å². The molecule has 0 spiro atoms. The van der Waals surface area contributed by atoms with E-state index in [1.807, 2.05) is 0 Å². The minimum absolute atomic E-state index is 0.0557. The molecule has 2 aromatic rings. The van der Waals surface area contributed by atoms with Gasteiger partial charge in [0.2, 0.25) is 11.8 Å². The molecule has 1 saturated heterocycles. The molecular formula is C24H32F3N7O3. The molecule has 1 aromatic heterocycles. The van der Waals surface area contributed by atoms with Crippen molar-refractivity contribution in [3.8, 4) is 5.75 Å². The largest absolute Gasteiger partial charge is 0.573 e. The molecule has 1 saturated carbocycles. The number of benzene rings is 1. The van der Waals surface area contributed by atoms with Gasteiger partial charge in [-0.05, 0) is 44.7 Å². The fourth-order valence-corrected chi connectivity index (χ4v) is 4.91. The van der Waals surface area contributed by atoms with Crippen LogP contribution in [0.25, 0.3) is 0 Å². The molecule has 1 aliphatic heterocycles. The number of halogens is 3. The molecule has 37 heavy (non-hydrogen) atoms. The second-order valence-corrected chi connectivity index (χ2v) is 9.59. The number of ether oxygens (including phenoxy) is 1. The van der Waals surface area contributed by atoms with Crippen LogP contribution in [0.15, 0.2) is 30.5 Å². The summed E-state index contributed by atoms with van der Waals surface area (Å²) >= 11 is 0. The van der Waals surface area contributed by atoms with Crippen LogP contribution in [0.4, 0.5) is 30.6 Å². The van der Waals surface area contributed by atoms with Crippen LogP contribution < -0.4 is 15.4 Å². The topological polar surface area (TPSA) is 109 Å². The van der Waals surface area contributed by atoms with Crippen LogP contribution >= 0.6 is 0 Å². The first kappa shape index (κ1) is 26.9. The highest BCUT2D eigenvalue weighted by Gasteiger charge is 2.32. The Balaban J connectivity index is 1.34. The molecule has 2 heterocycles. The molecule has 13 heteroatoms. The summed E-state index contributed by atoms with van der Waals surface area (Å²) in [6, 6.07) is 6.32. The van der Waals surface area contributed by atoms with E-state index in [4.69, 9.17) is 0 Å². The van der Waals surface area contributed by atoms with Gasteiger partial charge in [-0.1, -0.05) is 18.2 Å². The summed E-state index contributed by atoms with van der Waals surface area (Å²) in [6.07, 6.45) is 0.553. The van der Waals surface area contributed by atoms with Gasteiger partial charge in [-0.3, -0.25) is 15.0 Å². The van der Waals surface area contributed by atoms with E-state index in [0.717, 1.165) is 58.1 Å². The first-order valence-corrected chi connectivity index (χ1v) is 12.4. The van der Waals surface area contributed by atoms with E-state index in [-0.39, 0.29) is 35.3 Å². The van der Waals surface area contributed by atoms with E-state index in [0.29, 0.717) is 18.5 Å². The summed E-state index contributed by atoms with van der Waals surface area (Å²) in [7, 11) is 2.15. The Morgan fingerprint density at radius 3 is 2.49 bits per heavy atom. The maximum absolute atomic E-state index is 12.7. The smallest absolute Gasteiger partial charge is 0.405 e. The Bertz CT molecular complexity index is 1060. The van der Waals surface area contributed by atoms with Crippen molar-refractivity contribution >= 4 is 17.5 Å². The van der Waals surface area contributed by atoms with Gasteiger partial charge >= 0.3 is 12.0 Å². The normalized spacial score (nSPS) is 21.4. The van der Waals surface area contributed by atoms with Gasteiger partial charge in [0.05, 0.1) is 4.92 Å². The van der Waals surface area contributed by atoms with Crippen molar-refractivity contribution in [3.05, 3.63) is 46.1 Å². The van der Waals surface area contributed by atoms with E-state index in [9.17, 15) is 23.3 Å². The zero-order chi connectivity index (χ0) is 26.4. The van der Waals surface area contributed by atoms with E-state index < -0.39 is 11.3 Å². The minimum atomic E-state index is -4.82. The number of hydrogen-bond donors (Lipinski definition) is 2. The first-order chi connectivity index (χ1) is 17.7. The monoisotopic (exact) mass is 523 g/mol. The Morgan fingerprint density at radius 1 is 1.11 bits per heavy atom. The molecule has 0 amide bonds. The molecule has 1 aromatic carbocycles. The van der Waals surface area contributed by atoms with Crippen LogP contribution in [0.5, 0.6) is 5.75 Å². The third-order valence-electron chi connectivity index (χ3n) is 7.03. The van der Waals surface area contributed by atoms with Gasteiger partial charge in [-0.25, -0.2) is 4.98 Å². The lowest BCUT2D eigenvalue weighted by atomic mass is 9.85. The zero-order valence-electron chi connectivity index (χ0n) is 20.7. The quantitative estimate of drug-likeness (QED) is 0.371. The molecule has 0 bridgehead atoms. The van der Waals surface area contributed by atoms with Crippen molar-refractivity contribution in [1.82, 2.24) is 19.8 Å². The van der Waals surface area contributed by atoms with Gasteiger partial charge in [0.25, 0.3) is 0 Å². The van der Waals surface area contributed by atoms with E-state index >= 15 is 0 Å². The average Bonchev–Trinajstić information content (AvgIpc) is 2.87. The molecule has 202 valence electrons. The lowest BCUT2D eigenvalue weighted by Gasteiger charge is -2.41. The Kier molecular flexibility index (Phi) is 8.64. The fraction of sp³-hybridized carbons (Fsp3) is 0.583. The molecular weight excluding hydrogens is 491 g/mol. The van der Waals surface area contributed by atoms with Crippen molar-refractivity contribution < 1.29 is 22.8 Å². The summed E-state index contributed by atoms with van der Waals surface area (Å²) in [5.41, 5.74) is -0.00845. The molecule has 1 aliphatic carbocycles. The molecule has 2 aliphatic rings. The van der Waals surface area contributed by atoms with Crippen molar-refractivity contribution in [1.29, 1.82) is 0 Å². The molecule has 0 radical (unpaired) electrons. The first-order valence-electron chi connectivity index (χ1n) is 12.4. The summed E-state index contributed by atoms with van der Waals surface area (Å²) in [5.74, 6) is 0.188. The molecule has 0 unspecified atom stereocenters. The van der Waals surface area contributed by atoms with Crippen LogP contribution in [-0.4, -0.2) is 76.9 Å². The second-order valence-electron chi connectivity index (χ2n) is 9.59. The Hall–Kier alpha value is -3.19. The Labute approximate surface area is 213 Å². The molecule has 0 atom stereocenters. The van der Waals surface area contributed by atoms with Gasteiger partial charge in [0, 0.05) is 50.9 Å². The van der Waals surface area contributed by atoms with Gasteiger partial charge in [-0.15, -0.1) is 13.2 Å². The molecule has 2 fully saturated rings. The van der Waals surface area contributed by atoms with Gasteiger partial charge in [0.15, 0.2) is 0 Å². The predicted molar refractivity (Wildman–Crippen MR) is 132 cm³/mol. The maximum Gasteiger partial charge on any atom is 0.573 e. The Morgan fingerprint density at radius 2 is 1.81 bits per heavy atom. The number of aromatic nitrogens is 2. The number of hydrogen-bond acceptors (Lipinski definition) is 9. The van der Waals surface area contributed by atoms with Crippen LogP contribution in [0, 0.1) is 16.0 Å². The highest BCUT2D eigenvalue weighted by molar-refractivity contribution is 5.57. The fourth-order valence-electron chi connectivity index (χ4n) is 4.91. The van der Waals surface area contributed by atoms with Crippen LogP contribution in [-0.2, 0) is 6.54 Å². The van der Waals surface area contributed by atoms with E-state index in [1.54, 1.807) is 6.07 Å². The third-order valence-corrected chi connectivity index (χ3v) is 7.03. The summed E-state index contributed by atoms with van der Waals surface area (Å²) in [5, 5.41) is 17.5. The molecule has 2 N–H and O–H groups in total. The number of nitro groups is 1. The number of nitrogens with zero attached hydrogens (tertiary/aromatic N) is 5. The van der Waals surface area contributed by atoms with Crippen LogP contribution in [0.1, 0.15) is 31.2 Å². The van der Waals surface area contributed by atoms with Gasteiger partial charge in [0.1, 0.15) is 11.9 Å². The molecule has 10 nitrogen and oxygen atoms in total. The number of anilines is 2. The number of para-hydroxylation sites is 1. The number of piperazine rings is 1. The predicted octanol–water partition coefficient (Wildman–Crippen LogP) is 4.11. The highest BCUT2D eigenvalue weighted by atomic mass is 19.4. The van der Waals surface area contributed by atoms with Crippen molar-refractivity contribution in [2.24, 2.45) is 5.92 Å². The lowest BCUT2D eigenvalue weighted by molar-refractivity contribution is -0.384. The average molecular weight is 524 g/mol. The van der Waals surface area contributed by atoms with E-state index in [2.05, 4.69) is 42.2 Å². The summed E-state index contributed by atoms with van der Waals surface area (Å²) in [4.78, 5) is 24.1. The highest BCUT2D eigenvalue weighted by Crippen LogP contribution is 2.30. The number of rotatable bonds is 9. The minimum Gasteiger partial charge on any atom is -0.405 e. The SMILES string of the molecule is CN1CCN(C2CCC(CNc3nc(NCc4ccccc4OC(F)(F)F)ncc3[N+](=O)[O-])CC2)CC1. The summed E-state index contributed by atoms with van der Waals surface area (Å²) < 4.78 is 42.1. The number of nitrogens with one attached hydrogen (secondary N) is 2. The number of likely N-dealkylation sites (N-methyl/N-ethyl adjacent to an activating group) is 1. The third kappa shape index (κ3) is 7.65. The maximum atomic E-state index is 12.7. The van der Waals surface area contributed by atoms with E-state index in [1.165, 1.54) is 18.2 Å².